The van der Waals surface area contributed by atoms with Gasteiger partial charge in [0.1, 0.15) is 0 Å². The summed E-state index contributed by atoms with van der Waals surface area (Å²) in [5.41, 5.74) is 2.39. The lowest BCUT2D eigenvalue weighted by Crippen LogP contribution is -2.29. The second kappa shape index (κ2) is 7.45. The number of benzene rings is 1. The van der Waals surface area contributed by atoms with Gasteiger partial charge in [-0.1, -0.05) is 29.8 Å². The van der Waals surface area contributed by atoms with Crippen LogP contribution in [-0.2, 0) is 13.0 Å². The van der Waals surface area contributed by atoms with Crippen molar-refractivity contribution in [2.75, 3.05) is 26.2 Å². The van der Waals surface area contributed by atoms with Crippen molar-refractivity contribution in [2.24, 2.45) is 5.92 Å². The van der Waals surface area contributed by atoms with Gasteiger partial charge < -0.3 is 9.84 Å². The highest BCUT2D eigenvalue weighted by molar-refractivity contribution is 5.55. The Morgan fingerprint density at radius 2 is 2.12 bits per heavy atom. The molecule has 0 bridgehead atoms. The first-order valence-corrected chi connectivity index (χ1v) is 9.22. The quantitative estimate of drug-likeness (QED) is 0.915. The number of hydrogen-bond donors (Lipinski definition) is 1. The highest BCUT2D eigenvalue weighted by Gasteiger charge is 2.19. The molecule has 1 N–H and O–H groups in total. The van der Waals surface area contributed by atoms with E-state index in [-0.39, 0.29) is 0 Å². The smallest absolute Gasteiger partial charge is 0.227 e. The number of likely N-dealkylation sites (tertiary alicyclic amines) is 1. The van der Waals surface area contributed by atoms with Crippen LogP contribution < -0.4 is 5.32 Å². The van der Waals surface area contributed by atoms with Crippen molar-refractivity contribution in [1.29, 1.82) is 0 Å². The summed E-state index contributed by atoms with van der Waals surface area (Å²) in [4.78, 5) is 7.15. The summed E-state index contributed by atoms with van der Waals surface area (Å²) in [5, 5.41) is 7.58. The van der Waals surface area contributed by atoms with Crippen LogP contribution in [0.4, 0.5) is 0 Å². The molecular weight excluding hydrogens is 300 g/mol. The van der Waals surface area contributed by atoms with Gasteiger partial charge >= 0.3 is 0 Å². The molecular formula is C19H26N4O. The molecule has 0 saturated carbocycles. The minimum atomic E-state index is 0.628. The topological polar surface area (TPSA) is 54.2 Å². The minimum Gasteiger partial charge on any atom is -0.339 e. The molecule has 1 aromatic carbocycles. The average molecular weight is 326 g/mol. The molecule has 2 saturated heterocycles. The lowest BCUT2D eigenvalue weighted by Gasteiger charge is -2.26. The van der Waals surface area contributed by atoms with E-state index < -0.39 is 0 Å². The zero-order chi connectivity index (χ0) is 16.2. The molecule has 0 aliphatic carbocycles. The van der Waals surface area contributed by atoms with E-state index in [0.717, 1.165) is 43.3 Å². The van der Waals surface area contributed by atoms with E-state index in [0.29, 0.717) is 5.92 Å². The Kier molecular flexibility index (Phi) is 4.90. The summed E-state index contributed by atoms with van der Waals surface area (Å²) in [6.45, 7) is 5.61. The first kappa shape index (κ1) is 15.8. The predicted molar refractivity (Wildman–Crippen MR) is 93.5 cm³/mol. The maximum absolute atomic E-state index is 5.47. The van der Waals surface area contributed by atoms with Crippen LogP contribution in [0.3, 0.4) is 0 Å². The molecule has 5 nitrogen and oxygen atoms in total. The normalized spacial score (nSPS) is 22.1. The van der Waals surface area contributed by atoms with Gasteiger partial charge in [0, 0.05) is 18.5 Å². The third-order valence-corrected chi connectivity index (χ3v) is 5.13. The second-order valence-corrected chi connectivity index (χ2v) is 7.11. The van der Waals surface area contributed by atoms with Crippen molar-refractivity contribution < 1.29 is 4.52 Å². The SMILES string of the molecule is c1cc(CN2CCCCC2)cc(-c2noc(CC3CCNC3)n2)c1. The number of piperidine rings is 1. The third kappa shape index (κ3) is 3.84. The number of nitrogens with one attached hydrogen (secondary N) is 1. The van der Waals surface area contributed by atoms with Crippen LogP contribution >= 0.6 is 0 Å². The van der Waals surface area contributed by atoms with Crippen LogP contribution in [0, 0.1) is 5.92 Å². The van der Waals surface area contributed by atoms with Gasteiger partial charge in [-0.05, 0) is 63.0 Å². The van der Waals surface area contributed by atoms with E-state index >= 15 is 0 Å². The molecule has 2 fully saturated rings. The average Bonchev–Trinajstić information content (AvgIpc) is 3.29. The van der Waals surface area contributed by atoms with Gasteiger partial charge in [-0.15, -0.1) is 0 Å². The summed E-state index contributed by atoms with van der Waals surface area (Å²) in [6, 6.07) is 8.58. The van der Waals surface area contributed by atoms with Gasteiger partial charge in [0.15, 0.2) is 0 Å². The first-order chi connectivity index (χ1) is 11.9. The van der Waals surface area contributed by atoms with Gasteiger partial charge in [-0.25, -0.2) is 0 Å². The number of rotatable bonds is 5. The molecule has 0 radical (unpaired) electrons. The van der Waals surface area contributed by atoms with Crippen LogP contribution in [0.15, 0.2) is 28.8 Å². The molecule has 1 atom stereocenters. The fourth-order valence-electron chi connectivity index (χ4n) is 3.78. The van der Waals surface area contributed by atoms with Crippen molar-refractivity contribution in [3.8, 4) is 11.4 Å². The van der Waals surface area contributed by atoms with Crippen LogP contribution in [0.1, 0.15) is 37.1 Å². The van der Waals surface area contributed by atoms with E-state index in [9.17, 15) is 0 Å². The van der Waals surface area contributed by atoms with Crippen LogP contribution in [-0.4, -0.2) is 41.2 Å². The molecule has 24 heavy (non-hydrogen) atoms. The molecule has 2 aliphatic rings. The van der Waals surface area contributed by atoms with Gasteiger partial charge in [-0.2, -0.15) is 4.98 Å². The van der Waals surface area contributed by atoms with Gasteiger partial charge in [0.25, 0.3) is 0 Å². The van der Waals surface area contributed by atoms with Crippen molar-refractivity contribution >= 4 is 0 Å². The zero-order valence-electron chi connectivity index (χ0n) is 14.2. The summed E-state index contributed by atoms with van der Waals surface area (Å²) in [6.07, 6.45) is 6.10. The maximum atomic E-state index is 5.47. The minimum absolute atomic E-state index is 0.628. The van der Waals surface area contributed by atoms with E-state index in [2.05, 4.69) is 44.6 Å². The van der Waals surface area contributed by atoms with E-state index in [4.69, 9.17) is 4.52 Å². The Bertz CT molecular complexity index is 657. The Morgan fingerprint density at radius 1 is 1.21 bits per heavy atom. The highest BCUT2D eigenvalue weighted by Crippen LogP contribution is 2.21. The van der Waals surface area contributed by atoms with E-state index in [1.165, 1.54) is 44.3 Å². The summed E-state index contributed by atoms with van der Waals surface area (Å²) in [7, 11) is 0. The highest BCUT2D eigenvalue weighted by atomic mass is 16.5. The fourth-order valence-corrected chi connectivity index (χ4v) is 3.78. The van der Waals surface area contributed by atoms with Crippen molar-refractivity contribution in [2.45, 2.75) is 38.6 Å². The first-order valence-electron chi connectivity index (χ1n) is 9.22. The Labute approximate surface area is 143 Å². The predicted octanol–water partition coefficient (Wildman–Crippen LogP) is 2.87. The standard InChI is InChI=1S/C19H26N4O/c1-2-9-23(10-3-1)14-16-5-4-6-17(11-16)19-21-18(24-22-19)12-15-7-8-20-13-15/h4-6,11,15,20H,1-3,7-10,12-14H2. The molecule has 5 heteroatoms. The summed E-state index contributed by atoms with van der Waals surface area (Å²) < 4.78 is 5.47. The van der Waals surface area contributed by atoms with Crippen molar-refractivity contribution in [3.63, 3.8) is 0 Å². The van der Waals surface area contributed by atoms with Gasteiger partial charge in [0.2, 0.25) is 11.7 Å². The molecule has 0 amide bonds. The molecule has 1 aromatic heterocycles. The summed E-state index contributed by atoms with van der Waals surface area (Å²) >= 11 is 0. The lowest BCUT2D eigenvalue weighted by molar-refractivity contribution is 0.221. The zero-order valence-corrected chi connectivity index (χ0v) is 14.2. The van der Waals surface area contributed by atoms with Crippen LogP contribution in [0.5, 0.6) is 0 Å². The van der Waals surface area contributed by atoms with Crippen LogP contribution in [0.2, 0.25) is 0 Å². The maximum Gasteiger partial charge on any atom is 0.227 e. The van der Waals surface area contributed by atoms with Gasteiger partial charge in [0.05, 0.1) is 0 Å². The van der Waals surface area contributed by atoms with Crippen molar-refractivity contribution in [1.82, 2.24) is 20.4 Å². The Morgan fingerprint density at radius 3 is 2.96 bits per heavy atom. The second-order valence-electron chi connectivity index (χ2n) is 7.11. The number of hydrogen-bond acceptors (Lipinski definition) is 5. The van der Waals surface area contributed by atoms with Crippen LogP contribution in [0.25, 0.3) is 11.4 Å². The largest absolute Gasteiger partial charge is 0.339 e. The lowest BCUT2D eigenvalue weighted by atomic mass is 10.1. The Hall–Kier alpha value is -1.72. The summed E-state index contributed by atoms with van der Waals surface area (Å²) in [5.74, 6) is 2.11. The van der Waals surface area contributed by atoms with E-state index in [1.54, 1.807) is 0 Å². The Balaban J connectivity index is 1.43. The molecule has 0 spiro atoms. The van der Waals surface area contributed by atoms with E-state index in [1.807, 2.05) is 0 Å². The monoisotopic (exact) mass is 326 g/mol. The molecule has 2 aliphatic heterocycles. The molecule has 3 heterocycles. The molecule has 2 aromatic rings. The third-order valence-electron chi connectivity index (χ3n) is 5.13. The molecule has 4 rings (SSSR count). The van der Waals surface area contributed by atoms with Crippen molar-refractivity contribution in [3.05, 3.63) is 35.7 Å². The number of aromatic nitrogens is 2. The van der Waals surface area contributed by atoms with Gasteiger partial charge in [-0.3, -0.25) is 4.90 Å². The number of nitrogens with zero attached hydrogens (tertiary/aromatic N) is 3. The molecule has 1 unspecified atom stereocenters. The fraction of sp³-hybridized carbons (Fsp3) is 0.579. The molecule has 128 valence electrons.